The first-order valence-corrected chi connectivity index (χ1v) is 7.71. The lowest BCUT2D eigenvalue weighted by atomic mass is 10.1. The molecule has 5 nitrogen and oxygen atoms in total. The van der Waals surface area contributed by atoms with Crippen LogP contribution in [0.4, 0.5) is 0 Å². The van der Waals surface area contributed by atoms with Crippen LogP contribution in [0.15, 0.2) is 24.3 Å². The van der Waals surface area contributed by atoms with Crippen LogP contribution in [0.2, 0.25) is 0 Å². The molecule has 0 spiro atoms. The molecule has 0 unspecified atom stereocenters. The summed E-state index contributed by atoms with van der Waals surface area (Å²) in [6.45, 7) is 3.61. The van der Waals surface area contributed by atoms with Gasteiger partial charge in [0.25, 0.3) is 10.2 Å². The van der Waals surface area contributed by atoms with Crippen LogP contribution in [0.5, 0.6) is 0 Å². The fourth-order valence-electron chi connectivity index (χ4n) is 1.62. The first kappa shape index (κ1) is 16.7. The van der Waals surface area contributed by atoms with Gasteiger partial charge in [-0.2, -0.15) is 17.4 Å². The second kappa shape index (κ2) is 7.41. The van der Waals surface area contributed by atoms with Gasteiger partial charge in [-0.1, -0.05) is 24.0 Å². The second-order valence-corrected chi connectivity index (χ2v) is 6.50. The Hall–Kier alpha value is -1.39. The fraction of sp³-hybridized carbons (Fsp3) is 0.429. The number of hydrogen-bond acceptors (Lipinski definition) is 3. The van der Waals surface area contributed by atoms with Gasteiger partial charge in [0.15, 0.2) is 0 Å². The van der Waals surface area contributed by atoms with Crippen molar-refractivity contribution in [3.05, 3.63) is 35.4 Å². The molecule has 1 aromatic carbocycles. The van der Waals surface area contributed by atoms with E-state index < -0.39 is 10.2 Å². The Balaban J connectivity index is 2.83. The molecule has 0 radical (unpaired) electrons. The third-order valence-corrected chi connectivity index (χ3v) is 4.16. The molecule has 0 amide bonds. The normalized spacial score (nSPS) is 11.5. The average Bonchev–Trinajstić information content (AvgIpc) is 2.35. The second-order valence-electron chi connectivity index (χ2n) is 4.69. The van der Waals surface area contributed by atoms with E-state index in [-0.39, 0.29) is 19.2 Å². The summed E-state index contributed by atoms with van der Waals surface area (Å²) in [5, 5.41) is 8.66. The Morgan fingerprint density at radius 3 is 2.70 bits per heavy atom. The van der Waals surface area contributed by atoms with E-state index in [0.29, 0.717) is 0 Å². The van der Waals surface area contributed by atoms with Crippen molar-refractivity contribution in [1.82, 2.24) is 9.03 Å². The summed E-state index contributed by atoms with van der Waals surface area (Å²) in [6.07, 6.45) is 0. The van der Waals surface area contributed by atoms with Gasteiger partial charge in [-0.05, 0) is 31.5 Å². The molecule has 6 heteroatoms. The maximum absolute atomic E-state index is 12.0. The van der Waals surface area contributed by atoms with Gasteiger partial charge in [0.1, 0.15) is 6.61 Å². The van der Waals surface area contributed by atoms with E-state index in [2.05, 4.69) is 16.6 Å². The molecule has 0 aliphatic heterocycles. The van der Waals surface area contributed by atoms with Crippen LogP contribution in [0.25, 0.3) is 0 Å². The number of nitrogens with zero attached hydrogens (tertiary/aromatic N) is 1. The molecule has 0 atom stereocenters. The highest BCUT2D eigenvalue weighted by atomic mass is 32.2. The summed E-state index contributed by atoms with van der Waals surface area (Å²) >= 11 is 0. The number of benzene rings is 1. The Kier molecular flexibility index (Phi) is 6.17. The number of aliphatic hydroxyl groups is 1. The van der Waals surface area contributed by atoms with Gasteiger partial charge in [0.05, 0.1) is 0 Å². The molecular weight excluding hydrogens is 276 g/mol. The average molecular weight is 296 g/mol. The molecule has 2 N–H and O–H groups in total. The summed E-state index contributed by atoms with van der Waals surface area (Å²) in [5.41, 5.74) is 1.59. The zero-order valence-electron chi connectivity index (χ0n) is 11.9. The summed E-state index contributed by atoms with van der Waals surface area (Å²) in [4.78, 5) is 0. The standard InChI is InChI=1S/C14H20N2O3S/c1-12(2)15-20(18,19)16(3)11-14-7-4-6-13(10-14)8-5-9-17/h4,6-7,10,12,15,17H,9,11H2,1-3H3. The Labute approximate surface area is 120 Å². The lowest BCUT2D eigenvalue weighted by Gasteiger charge is -2.19. The van der Waals surface area contributed by atoms with Crippen LogP contribution in [0, 0.1) is 11.8 Å². The van der Waals surface area contributed by atoms with Gasteiger partial charge in [-0.15, -0.1) is 0 Å². The maximum Gasteiger partial charge on any atom is 0.279 e. The third-order valence-electron chi connectivity index (χ3n) is 2.44. The van der Waals surface area contributed by atoms with Crippen LogP contribution in [-0.4, -0.2) is 37.5 Å². The SMILES string of the molecule is CC(C)NS(=O)(=O)N(C)Cc1cccc(C#CCO)c1. The van der Waals surface area contributed by atoms with E-state index in [1.807, 2.05) is 24.3 Å². The van der Waals surface area contributed by atoms with Crippen LogP contribution in [0.1, 0.15) is 25.0 Å². The minimum atomic E-state index is -3.48. The Bertz CT molecular complexity index is 600. The molecule has 0 fully saturated rings. The molecule has 0 saturated heterocycles. The van der Waals surface area contributed by atoms with E-state index in [9.17, 15) is 8.42 Å². The summed E-state index contributed by atoms with van der Waals surface area (Å²) in [7, 11) is -1.96. The number of rotatable bonds is 5. The van der Waals surface area contributed by atoms with Gasteiger partial charge in [0, 0.05) is 25.2 Å². The molecule has 0 aromatic heterocycles. The molecule has 1 rings (SSSR count). The summed E-state index contributed by atoms with van der Waals surface area (Å²) in [6, 6.07) is 7.12. The monoisotopic (exact) mass is 296 g/mol. The number of hydrogen-bond donors (Lipinski definition) is 2. The number of nitrogens with one attached hydrogen (secondary N) is 1. The van der Waals surface area contributed by atoms with Crippen molar-refractivity contribution in [1.29, 1.82) is 0 Å². The molecule has 0 saturated carbocycles. The topological polar surface area (TPSA) is 69.6 Å². The van der Waals surface area contributed by atoms with Crippen molar-refractivity contribution in [2.45, 2.75) is 26.4 Å². The molecule has 1 aromatic rings. The largest absolute Gasteiger partial charge is 0.384 e. The van der Waals surface area contributed by atoms with Gasteiger partial charge >= 0.3 is 0 Å². The van der Waals surface area contributed by atoms with E-state index >= 15 is 0 Å². The summed E-state index contributed by atoms with van der Waals surface area (Å²) in [5.74, 6) is 5.36. The van der Waals surface area contributed by atoms with E-state index in [4.69, 9.17) is 5.11 Å². The van der Waals surface area contributed by atoms with Crippen LogP contribution >= 0.6 is 0 Å². The Morgan fingerprint density at radius 1 is 1.40 bits per heavy atom. The van der Waals surface area contributed by atoms with Gasteiger partial charge < -0.3 is 5.11 Å². The van der Waals surface area contributed by atoms with Crippen LogP contribution in [0.3, 0.4) is 0 Å². The van der Waals surface area contributed by atoms with Crippen molar-refractivity contribution in [3.8, 4) is 11.8 Å². The van der Waals surface area contributed by atoms with E-state index in [0.717, 1.165) is 11.1 Å². The van der Waals surface area contributed by atoms with Crippen molar-refractivity contribution < 1.29 is 13.5 Å². The fourth-order valence-corrected chi connectivity index (χ4v) is 2.71. The lowest BCUT2D eigenvalue weighted by Crippen LogP contribution is -2.41. The minimum Gasteiger partial charge on any atom is -0.384 e. The highest BCUT2D eigenvalue weighted by molar-refractivity contribution is 7.87. The first-order chi connectivity index (χ1) is 9.35. The molecule has 20 heavy (non-hydrogen) atoms. The quantitative estimate of drug-likeness (QED) is 0.786. The predicted molar refractivity (Wildman–Crippen MR) is 79.1 cm³/mol. The van der Waals surface area contributed by atoms with Gasteiger partial charge in [0.2, 0.25) is 0 Å². The Morgan fingerprint density at radius 2 is 2.10 bits per heavy atom. The minimum absolute atomic E-state index is 0.149. The molecule has 0 aliphatic rings. The maximum atomic E-state index is 12.0. The zero-order chi connectivity index (χ0) is 15.2. The van der Waals surface area contributed by atoms with Crippen molar-refractivity contribution >= 4 is 10.2 Å². The van der Waals surface area contributed by atoms with E-state index in [1.165, 1.54) is 11.4 Å². The van der Waals surface area contributed by atoms with E-state index in [1.54, 1.807) is 13.8 Å². The zero-order valence-corrected chi connectivity index (χ0v) is 12.7. The van der Waals surface area contributed by atoms with Crippen LogP contribution in [-0.2, 0) is 16.8 Å². The van der Waals surface area contributed by atoms with Crippen LogP contribution < -0.4 is 4.72 Å². The highest BCUT2D eigenvalue weighted by Crippen LogP contribution is 2.09. The van der Waals surface area contributed by atoms with Gasteiger partial charge in [-0.3, -0.25) is 0 Å². The smallest absolute Gasteiger partial charge is 0.279 e. The first-order valence-electron chi connectivity index (χ1n) is 6.27. The molecule has 0 heterocycles. The van der Waals surface area contributed by atoms with Gasteiger partial charge in [-0.25, -0.2) is 0 Å². The molecule has 110 valence electrons. The lowest BCUT2D eigenvalue weighted by molar-refractivity contribution is 0.350. The predicted octanol–water partition coefficient (Wildman–Crippen LogP) is 0.705. The number of aliphatic hydroxyl groups excluding tert-OH is 1. The van der Waals surface area contributed by atoms with Crippen molar-refractivity contribution in [3.63, 3.8) is 0 Å². The highest BCUT2D eigenvalue weighted by Gasteiger charge is 2.18. The van der Waals surface area contributed by atoms with Crippen molar-refractivity contribution in [2.75, 3.05) is 13.7 Å². The third kappa shape index (κ3) is 5.31. The van der Waals surface area contributed by atoms with Crippen molar-refractivity contribution in [2.24, 2.45) is 0 Å². The summed E-state index contributed by atoms with van der Waals surface area (Å²) < 4.78 is 27.7. The molecule has 0 aliphatic carbocycles. The molecule has 0 bridgehead atoms. The molecular formula is C14H20N2O3S.